The Labute approximate surface area is 164 Å². The normalized spacial score (nSPS) is 22.6. The molecule has 1 aliphatic rings. The van der Waals surface area contributed by atoms with Crippen molar-refractivity contribution in [3.8, 4) is 0 Å². The number of ether oxygens (including phenoxy) is 1. The minimum absolute atomic E-state index is 0.103. The summed E-state index contributed by atoms with van der Waals surface area (Å²) >= 11 is 0. The summed E-state index contributed by atoms with van der Waals surface area (Å²) < 4.78 is 30.1. The number of carbonyl (C=O) groups is 1. The molecular formula is C21H35O5P. The van der Waals surface area contributed by atoms with E-state index in [1.165, 1.54) is 5.57 Å². The fourth-order valence-corrected chi connectivity index (χ4v) is 5.91. The molecule has 0 aromatic carbocycles. The van der Waals surface area contributed by atoms with E-state index in [2.05, 4.69) is 33.1 Å². The molecule has 5 nitrogen and oxygen atoms in total. The quantitative estimate of drug-likeness (QED) is 0.249. The monoisotopic (exact) mass is 398 g/mol. The standard InChI is InChI=1S/C21H35O5P/c1-8-24-20(22)21(27(23,25-9-2)26-10-3)14-18(7)19(15-21)17(6)13-11-12-16(4)5/h12,19H,6-11,13-15H2,1-5H3/t19-,21+/m1/s1. The summed E-state index contributed by atoms with van der Waals surface area (Å²) in [5.41, 5.74) is 3.08. The molecule has 6 heteroatoms. The highest BCUT2D eigenvalue weighted by molar-refractivity contribution is 7.56. The molecule has 2 atom stereocenters. The van der Waals surface area contributed by atoms with Gasteiger partial charge in [0, 0.05) is 5.92 Å². The second kappa shape index (κ2) is 10.4. The van der Waals surface area contributed by atoms with Crippen LogP contribution < -0.4 is 0 Å². The van der Waals surface area contributed by atoms with Crippen molar-refractivity contribution in [1.29, 1.82) is 0 Å². The van der Waals surface area contributed by atoms with Crippen LogP contribution in [0.4, 0.5) is 0 Å². The Hall–Kier alpha value is -1.16. The molecule has 0 aromatic heterocycles. The summed E-state index contributed by atoms with van der Waals surface area (Å²) in [5, 5.41) is -1.35. The topological polar surface area (TPSA) is 61.8 Å². The van der Waals surface area contributed by atoms with Gasteiger partial charge in [-0.2, -0.15) is 0 Å². The SMILES string of the molecule is C=C(CCC=C(C)C)[C@H]1C[C@@](C(=O)OCC)(P(=O)(OCC)OCC)CC1=C. The molecule has 0 saturated heterocycles. The molecule has 1 saturated carbocycles. The molecule has 1 rings (SSSR count). The van der Waals surface area contributed by atoms with Gasteiger partial charge in [-0.15, -0.1) is 0 Å². The van der Waals surface area contributed by atoms with Gasteiger partial charge >= 0.3 is 13.6 Å². The van der Waals surface area contributed by atoms with E-state index in [0.717, 1.165) is 24.0 Å². The zero-order chi connectivity index (χ0) is 20.7. The fraction of sp³-hybridized carbons (Fsp3) is 0.667. The first kappa shape index (κ1) is 23.9. The van der Waals surface area contributed by atoms with Gasteiger partial charge in [0.1, 0.15) is 0 Å². The van der Waals surface area contributed by atoms with Crippen molar-refractivity contribution in [2.24, 2.45) is 5.92 Å². The van der Waals surface area contributed by atoms with Gasteiger partial charge in [0.15, 0.2) is 5.16 Å². The number of hydrogen-bond acceptors (Lipinski definition) is 5. The first-order chi connectivity index (χ1) is 12.7. The van der Waals surface area contributed by atoms with Crippen LogP contribution in [0, 0.1) is 5.92 Å². The summed E-state index contributed by atoms with van der Waals surface area (Å²) in [4.78, 5) is 12.9. The molecule has 0 unspecified atom stereocenters. The molecule has 0 aliphatic heterocycles. The maximum absolute atomic E-state index is 13.6. The van der Waals surface area contributed by atoms with Crippen LogP contribution in [0.15, 0.2) is 36.0 Å². The van der Waals surface area contributed by atoms with E-state index in [9.17, 15) is 9.36 Å². The lowest BCUT2D eigenvalue weighted by Crippen LogP contribution is -2.39. The minimum Gasteiger partial charge on any atom is -0.465 e. The third kappa shape index (κ3) is 5.43. The third-order valence-electron chi connectivity index (χ3n) is 4.84. The predicted molar refractivity (Wildman–Crippen MR) is 110 cm³/mol. The van der Waals surface area contributed by atoms with Crippen LogP contribution in [0.2, 0.25) is 0 Å². The maximum Gasteiger partial charge on any atom is 0.348 e. The summed E-state index contributed by atoms with van der Waals surface area (Å²) in [6, 6.07) is 0. The van der Waals surface area contributed by atoms with E-state index in [-0.39, 0.29) is 32.2 Å². The van der Waals surface area contributed by atoms with E-state index in [1.54, 1.807) is 20.8 Å². The Morgan fingerprint density at radius 3 is 2.30 bits per heavy atom. The second-order valence-corrected chi connectivity index (χ2v) is 9.52. The molecule has 0 bridgehead atoms. The van der Waals surface area contributed by atoms with Gasteiger partial charge in [-0.05, 0) is 60.3 Å². The molecule has 0 spiro atoms. The number of hydrogen-bond donors (Lipinski definition) is 0. The van der Waals surface area contributed by atoms with Crippen molar-refractivity contribution < 1.29 is 23.1 Å². The minimum atomic E-state index is -3.73. The average molecular weight is 398 g/mol. The first-order valence-electron chi connectivity index (χ1n) is 9.72. The zero-order valence-corrected chi connectivity index (χ0v) is 18.4. The largest absolute Gasteiger partial charge is 0.465 e. The Balaban J connectivity index is 3.21. The summed E-state index contributed by atoms with van der Waals surface area (Å²) in [6.45, 7) is 18.3. The molecule has 1 aliphatic carbocycles. The molecule has 0 amide bonds. The maximum atomic E-state index is 13.6. The Bertz CT molecular complexity index is 622. The van der Waals surface area contributed by atoms with Crippen LogP contribution in [-0.2, 0) is 23.1 Å². The van der Waals surface area contributed by atoms with E-state index in [1.807, 2.05) is 0 Å². The zero-order valence-electron chi connectivity index (χ0n) is 17.5. The van der Waals surface area contributed by atoms with Crippen molar-refractivity contribution in [3.05, 3.63) is 36.0 Å². The Kier molecular flexibility index (Phi) is 9.20. The molecule has 27 heavy (non-hydrogen) atoms. The van der Waals surface area contributed by atoms with Crippen molar-refractivity contribution >= 4 is 13.6 Å². The van der Waals surface area contributed by atoms with Gasteiger partial charge in [-0.25, -0.2) is 0 Å². The van der Waals surface area contributed by atoms with E-state index < -0.39 is 18.7 Å². The van der Waals surface area contributed by atoms with Crippen LogP contribution >= 0.6 is 7.60 Å². The van der Waals surface area contributed by atoms with E-state index in [0.29, 0.717) is 6.42 Å². The van der Waals surface area contributed by atoms with E-state index >= 15 is 0 Å². The van der Waals surface area contributed by atoms with Gasteiger partial charge in [-0.3, -0.25) is 9.36 Å². The van der Waals surface area contributed by atoms with Crippen LogP contribution in [0.5, 0.6) is 0 Å². The second-order valence-electron chi connectivity index (χ2n) is 7.16. The lowest BCUT2D eigenvalue weighted by atomic mass is 9.91. The molecule has 0 radical (unpaired) electrons. The van der Waals surface area contributed by atoms with Crippen LogP contribution in [0.3, 0.4) is 0 Å². The lowest BCUT2D eigenvalue weighted by Gasteiger charge is -2.33. The van der Waals surface area contributed by atoms with Gasteiger partial charge < -0.3 is 13.8 Å². The smallest absolute Gasteiger partial charge is 0.348 e. The van der Waals surface area contributed by atoms with Crippen LogP contribution in [0.1, 0.15) is 60.3 Å². The van der Waals surface area contributed by atoms with Crippen molar-refractivity contribution in [2.75, 3.05) is 19.8 Å². The lowest BCUT2D eigenvalue weighted by molar-refractivity contribution is -0.147. The van der Waals surface area contributed by atoms with Crippen LogP contribution in [-0.4, -0.2) is 30.9 Å². The predicted octanol–water partition coefficient (Wildman–Crippen LogP) is 5.82. The summed E-state index contributed by atoms with van der Waals surface area (Å²) in [5.74, 6) is -0.634. The molecule has 0 N–H and O–H groups in total. The molecule has 0 aromatic rings. The summed E-state index contributed by atoms with van der Waals surface area (Å²) in [6.07, 6.45) is 4.37. The molecular weight excluding hydrogens is 363 g/mol. The van der Waals surface area contributed by atoms with Gasteiger partial charge in [0.05, 0.1) is 19.8 Å². The Morgan fingerprint density at radius 2 is 1.81 bits per heavy atom. The average Bonchev–Trinajstić information content (AvgIpc) is 2.94. The van der Waals surface area contributed by atoms with Crippen molar-refractivity contribution in [1.82, 2.24) is 0 Å². The van der Waals surface area contributed by atoms with Crippen molar-refractivity contribution in [3.63, 3.8) is 0 Å². The molecule has 154 valence electrons. The number of carbonyl (C=O) groups excluding carboxylic acids is 1. The Morgan fingerprint density at radius 1 is 1.22 bits per heavy atom. The van der Waals surface area contributed by atoms with Crippen LogP contribution in [0.25, 0.3) is 0 Å². The van der Waals surface area contributed by atoms with Gasteiger partial charge in [0.25, 0.3) is 0 Å². The van der Waals surface area contributed by atoms with Gasteiger partial charge in [-0.1, -0.05) is 36.0 Å². The highest BCUT2D eigenvalue weighted by atomic mass is 31.2. The van der Waals surface area contributed by atoms with Crippen molar-refractivity contribution in [2.45, 2.75) is 65.5 Å². The number of rotatable bonds is 11. The number of esters is 1. The first-order valence-corrected chi connectivity index (χ1v) is 11.3. The van der Waals surface area contributed by atoms with Gasteiger partial charge in [0.2, 0.25) is 0 Å². The molecule has 0 heterocycles. The fourth-order valence-electron chi connectivity index (χ4n) is 3.57. The molecule has 1 fully saturated rings. The number of allylic oxidation sites excluding steroid dienone is 4. The summed E-state index contributed by atoms with van der Waals surface area (Å²) in [7, 11) is -3.73. The third-order valence-corrected chi connectivity index (χ3v) is 7.61. The highest BCUT2D eigenvalue weighted by Crippen LogP contribution is 2.68. The highest BCUT2D eigenvalue weighted by Gasteiger charge is 2.62. The van der Waals surface area contributed by atoms with E-state index in [4.69, 9.17) is 13.8 Å².